The van der Waals surface area contributed by atoms with E-state index >= 15 is 0 Å². The number of nitriles is 1. The van der Waals surface area contributed by atoms with Crippen molar-refractivity contribution in [3.8, 4) is 22.8 Å². The van der Waals surface area contributed by atoms with Gasteiger partial charge in [-0.1, -0.05) is 0 Å². The third kappa shape index (κ3) is 1.38. The molecular weight excluding hydrogens is 288 g/mol. The molecule has 2 bridgehead atoms. The Morgan fingerprint density at radius 3 is 2.24 bits per heavy atom. The van der Waals surface area contributed by atoms with E-state index in [0.717, 1.165) is 12.8 Å². The van der Waals surface area contributed by atoms with Crippen LogP contribution in [-0.2, 0) is 15.9 Å². The number of fused-ring (bicyclic) bond motifs is 5. The number of aromatic nitrogens is 1. The maximum atomic E-state index is 10.6. The summed E-state index contributed by atoms with van der Waals surface area (Å²) >= 11 is 1.23. The number of hydrogen-bond donors (Lipinski definition) is 2. The molecule has 0 unspecified atom stereocenters. The zero-order chi connectivity index (χ0) is 15.0. The molecule has 4 rings (SSSR count). The molecule has 4 heterocycles. The van der Waals surface area contributed by atoms with Crippen LogP contribution >= 0.6 is 11.3 Å². The molecule has 0 saturated carbocycles. The van der Waals surface area contributed by atoms with Crippen molar-refractivity contribution >= 4 is 11.3 Å². The van der Waals surface area contributed by atoms with Gasteiger partial charge in [-0.15, -0.1) is 11.3 Å². The standard InChI is InChI=1S/C15H14N2O3S/c1-14-5-6-15(2,20-14)11-10(14)12(18)17(13(11)19)9-4-3-8(7-16)21-9/h3-4,18-19H,5-6H2,1-2H3/t14-,15+. The van der Waals surface area contributed by atoms with Gasteiger partial charge in [-0.25, -0.2) is 4.57 Å². The van der Waals surface area contributed by atoms with Crippen LogP contribution in [0.2, 0.25) is 0 Å². The number of thiophene rings is 1. The average Bonchev–Trinajstić information content (AvgIpc) is 3.11. The van der Waals surface area contributed by atoms with E-state index < -0.39 is 11.2 Å². The summed E-state index contributed by atoms with van der Waals surface area (Å²) in [5, 5.41) is 30.8. The van der Waals surface area contributed by atoms with Gasteiger partial charge in [-0.05, 0) is 38.8 Å². The molecule has 21 heavy (non-hydrogen) atoms. The lowest BCUT2D eigenvalue weighted by Gasteiger charge is -2.20. The summed E-state index contributed by atoms with van der Waals surface area (Å²) in [7, 11) is 0. The molecule has 2 aromatic heterocycles. The third-order valence-corrected chi connectivity index (χ3v) is 5.61. The van der Waals surface area contributed by atoms with E-state index in [4.69, 9.17) is 10.00 Å². The van der Waals surface area contributed by atoms with E-state index in [2.05, 4.69) is 6.07 Å². The molecule has 108 valence electrons. The summed E-state index contributed by atoms with van der Waals surface area (Å²) in [6, 6.07) is 5.47. The van der Waals surface area contributed by atoms with Crippen LogP contribution in [0.4, 0.5) is 0 Å². The van der Waals surface area contributed by atoms with Gasteiger partial charge in [0.25, 0.3) is 0 Å². The minimum Gasteiger partial charge on any atom is -0.494 e. The first-order valence-electron chi connectivity index (χ1n) is 6.78. The van der Waals surface area contributed by atoms with Gasteiger partial charge < -0.3 is 14.9 Å². The first-order chi connectivity index (χ1) is 9.89. The van der Waals surface area contributed by atoms with Gasteiger partial charge in [-0.3, -0.25) is 0 Å². The Balaban J connectivity index is 2.00. The van der Waals surface area contributed by atoms with E-state index in [9.17, 15) is 10.2 Å². The molecule has 0 aliphatic carbocycles. The highest BCUT2D eigenvalue weighted by molar-refractivity contribution is 7.15. The van der Waals surface area contributed by atoms with Gasteiger partial charge in [0.1, 0.15) is 15.9 Å². The van der Waals surface area contributed by atoms with Crippen molar-refractivity contribution in [2.45, 2.75) is 37.9 Å². The van der Waals surface area contributed by atoms with Crippen molar-refractivity contribution in [1.82, 2.24) is 4.57 Å². The molecule has 2 aliphatic heterocycles. The van der Waals surface area contributed by atoms with Gasteiger partial charge in [0.2, 0.25) is 11.8 Å². The molecule has 2 atom stereocenters. The van der Waals surface area contributed by atoms with Crippen molar-refractivity contribution < 1.29 is 14.9 Å². The summed E-state index contributed by atoms with van der Waals surface area (Å²) in [5.41, 5.74) is 0.264. The second kappa shape index (κ2) is 3.62. The molecule has 0 radical (unpaired) electrons. The van der Waals surface area contributed by atoms with Crippen LogP contribution < -0.4 is 0 Å². The van der Waals surface area contributed by atoms with Crippen LogP contribution in [0.3, 0.4) is 0 Å². The molecule has 2 aromatic rings. The van der Waals surface area contributed by atoms with Crippen molar-refractivity contribution in [2.75, 3.05) is 0 Å². The smallest absolute Gasteiger partial charge is 0.205 e. The summed E-state index contributed by atoms with van der Waals surface area (Å²) in [5.74, 6) is 0.0273. The van der Waals surface area contributed by atoms with E-state index in [-0.39, 0.29) is 11.8 Å². The van der Waals surface area contributed by atoms with Crippen LogP contribution in [0.25, 0.3) is 5.00 Å². The molecule has 2 aliphatic rings. The van der Waals surface area contributed by atoms with Crippen LogP contribution in [0.5, 0.6) is 11.8 Å². The Kier molecular flexibility index (Phi) is 2.19. The van der Waals surface area contributed by atoms with Crippen molar-refractivity contribution in [3.05, 3.63) is 28.1 Å². The van der Waals surface area contributed by atoms with Crippen molar-refractivity contribution in [1.29, 1.82) is 5.26 Å². The quantitative estimate of drug-likeness (QED) is 0.848. The SMILES string of the molecule is C[C@]12CC[C@](C)(O1)c1c2c(O)n(-c2ccc(C#N)s2)c1O. The highest BCUT2D eigenvalue weighted by Crippen LogP contribution is 2.64. The highest BCUT2D eigenvalue weighted by Gasteiger charge is 2.59. The first-order valence-corrected chi connectivity index (χ1v) is 7.59. The maximum Gasteiger partial charge on any atom is 0.205 e. The Bertz CT molecular complexity index is 776. The predicted octanol–water partition coefficient (Wildman–Crippen LogP) is 3.08. The second-order valence-electron chi connectivity index (χ2n) is 6.05. The largest absolute Gasteiger partial charge is 0.494 e. The Hall–Kier alpha value is -1.97. The lowest BCUT2D eigenvalue weighted by Crippen LogP contribution is -2.17. The van der Waals surface area contributed by atoms with Gasteiger partial charge in [0, 0.05) is 0 Å². The number of aromatic hydroxyl groups is 2. The number of nitrogens with zero attached hydrogens (tertiary/aromatic N) is 2. The normalized spacial score (nSPS) is 29.6. The lowest BCUT2D eigenvalue weighted by atomic mass is 9.80. The third-order valence-electron chi connectivity index (χ3n) is 4.63. The molecule has 2 N–H and O–H groups in total. The van der Waals surface area contributed by atoms with Gasteiger partial charge in [0.15, 0.2) is 0 Å². The molecular formula is C15H14N2O3S. The summed E-state index contributed by atoms with van der Waals surface area (Å²) in [6.45, 7) is 3.89. The number of hydrogen-bond acceptors (Lipinski definition) is 5. The van der Waals surface area contributed by atoms with Gasteiger partial charge >= 0.3 is 0 Å². The van der Waals surface area contributed by atoms with Gasteiger partial charge in [0.05, 0.1) is 22.3 Å². The predicted molar refractivity (Wildman–Crippen MR) is 76.7 cm³/mol. The average molecular weight is 302 g/mol. The van der Waals surface area contributed by atoms with E-state index in [1.807, 2.05) is 13.8 Å². The Morgan fingerprint density at radius 1 is 1.19 bits per heavy atom. The number of ether oxygens (including phenoxy) is 1. The molecule has 1 saturated heterocycles. The van der Waals surface area contributed by atoms with Crippen LogP contribution in [0.15, 0.2) is 12.1 Å². The lowest BCUT2D eigenvalue weighted by molar-refractivity contribution is -0.0683. The first kappa shape index (κ1) is 12.7. The summed E-state index contributed by atoms with van der Waals surface area (Å²) in [4.78, 5) is 0.536. The molecule has 0 spiro atoms. The van der Waals surface area contributed by atoms with Crippen LogP contribution in [0.1, 0.15) is 42.7 Å². The van der Waals surface area contributed by atoms with E-state index in [1.54, 1.807) is 12.1 Å². The topological polar surface area (TPSA) is 78.4 Å². The molecule has 6 heteroatoms. The van der Waals surface area contributed by atoms with Crippen LogP contribution in [0, 0.1) is 11.3 Å². The van der Waals surface area contributed by atoms with Crippen molar-refractivity contribution in [2.24, 2.45) is 0 Å². The zero-order valence-electron chi connectivity index (χ0n) is 11.7. The van der Waals surface area contributed by atoms with Crippen molar-refractivity contribution in [3.63, 3.8) is 0 Å². The minimum atomic E-state index is -0.549. The molecule has 5 nitrogen and oxygen atoms in total. The Labute approximate surface area is 125 Å². The minimum absolute atomic E-state index is 0.0137. The Morgan fingerprint density at radius 2 is 1.76 bits per heavy atom. The monoisotopic (exact) mass is 302 g/mol. The van der Waals surface area contributed by atoms with Gasteiger partial charge in [-0.2, -0.15) is 5.26 Å². The fourth-order valence-corrected chi connectivity index (χ4v) is 4.50. The fourth-order valence-electron chi connectivity index (χ4n) is 3.69. The van der Waals surface area contributed by atoms with E-state index in [1.165, 1.54) is 15.9 Å². The van der Waals surface area contributed by atoms with Crippen LogP contribution in [-0.4, -0.2) is 14.8 Å². The fraction of sp³-hybridized carbons (Fsp3) is 0.400. The second-order valence-corrected chi connectivity index (χ2v) is 7.11. The zero-order valence-corrected chi connectivity index (χ0v) is 12.5. The highest BCUT2D eigenvalue weighted by atomic mass is 32.1. The number of rotatable bonds is 1. The summed E-state index contributed by atoms with van der Waals surface area (Å²) in [6.07, 6.45) is 1.64. The maximum absolute atomic E-state index is 10.6. The molecule has 1 fully saturated rings. The molecule has 0 amide bonds. The molecule has 0 aromatic carbocycles. The van der Waals surface area contributed by atoms with E-state index in [0.29, 0.717) is 21.0 Å². The summed E-state index contributed by atoms with van der Waals surface area (Å²) < 4.78 is 7.47.